The number of anilines is 3. The molecule has 192 valence electrons. The van der Waals surface area contributed by atoms with Crippen LogP contribution in [0.2, 0.25) is 5.02 Å². The van der Waals surface area contributed by atoms with Crippen molar-refractivity contribution >= 4 is 52.2 Å². The number of aryl methyl sites for hydroxylation is 1. The van der Waals surface area contributed by atoms with E-state index in [-0.39, 0.29) is 17.6 Å². The fourth-order valence-electron chi connectivity index (χ4n) is 4.67. The smallest absolute Gasteiger partial charge is 0.254 e. The van der Waals surface area contributed by atoms with E-state index in [0.29, 0.717) is 40.9 Å². The highest BCUT2D eigenvalue weighted by atomic mass is 35.5. The summed E-state index contributed by atoms with van der Waals surface area (Å²) in [5, 5.41) is 6.92. The van der Waals surface area contributed by atoms with E-state index in [9.17, 15) is 14.0 Å². The van der Waals surface area contributed by atoms with Crippen LogP contribution < -0.4 is 15.5 Å². The molecule has 1 saturated heterocycles. The zero-order valence-electron chi connectivity index (χ0n) is 20.5. The zero-order chi connectivity index (χ0) is 25.9. The Balaban J connectivity index is 1.18. The summed E-state index contributed by atoms with van der Waals surface area (Å²) in [6, 6.07) is 17.3. The van der Waals surface area contributed by atoms with Crippen LogP contribution in [0.1, 0.15) is 21.5 Å². The van der Waals surface area contributed by atoms with Crippen molar-refractivity contribution in [3.05, 3.63) is 88.2 Å². The summed E-state index contributed by atoms with van der Waals surface area (Å²) < 4.78 is 13.4. The Bertz CT molecular complexity index is 1330. The third-order valence-electron chi connectivity index (χ3n) is 6.69. The lowest BCUT2D eigenvalue weighted by Crippen LogP contribution is -2.49. The van der Waals surface area contributed by atoms with Crippen molar-refractivity contribution in [2.24, 2.45) is 0 Å². The van der Waals surface area contributed by atoms with Gasteiger partial charge in [0, 0.05) is 54.0 Å². The summed E-state index contributed by atoms with van der Waals surface area (Å²) in [5.74, 6) is 0.706. The molecule has 1 atom stereocenters. The van der Waals surface area contributed by atoms with Gasteiger partial charge in [0.1, 0.15) is 11.9 Å². The molecule has 6 nitrogen and oxygen atoms in total. The van der Waals surface area contributed by atoms with Crippen molar-refractivity contribution in [3.63, 3.8) is 0 Å². The maximum absolute atomic E-state index is 13.4. The molecule has 2 heterocycles. The molecule has 5 rings (SSSR count). The van der Waals surface area contributed by atoms with Gasteiger partial charge in [-0.1, -0.05) is 29.8 Å². The van der Waals surface area contributed by atoms with Crippen molar-refractivity contribution in [1.29, 1.82) is 0 Å². The van der Waals surface area contributed by atoms with Crippen molar-refractivity contribution in [2.45, 2.75) is 18.7 Å². The highest BCUT2D eigenvalue weighted by Crippen LogP contribution is 2.30. The Morgan fingerprint density at radius 2 is 1.86 bits per heavy atom. The standard InChI is InChI=1S/C28H28ClFN4O2S/c1-18-5-7-21(29)15-26(18)33-9-11-34(12-10-33)28(36)20-6-8-23-24(14-20)32-27(35)25(31-23)17-37-16-19-3-2-4-22(30)13-19/h2-8,13-15,25,31H,9-12,16-17H2,1H3,(H,32,35). The number of piperazine rings is 1. The fraction of sp³-hybridized carbons (Fsp3) is 0.286. The van der Waals surface area contributed by atoms with Crippen LogP contribution in [0, 0.1) is 12.7 Å². The Labute approximate surface area is 225 Å². The van der Waals surface area contributed by atoms with E-state index < -0.39 is 6.04 Å². The Hall–Kier alpha value is -3.23. The normalized spacial score (nSPS) is 17.2. The van der Waals surface area contributed by atoms with Crippen LogP contribution in [0.15, 0.2) is 60.7 Å². The predicted molar refractivity (Wildman–Crippen MR) is 149 cm³/mol. The van der Waals surface area contributed by atoms with E-state index in [1.165, 1.54) is 12.1 Å². The van der Waals surface area contributed by atoms with Gasteiger partial charge in [0.05, 0.1) is 11.4 Å². The first kappa shape index (κ1) is 25.4. The van der Waals surface area contributed by atoms with Crippen LogP contribution in [-0.2, 0) is 10.5 Å². The van der Waals surface area contributed by atoms with Crippen LogP contribution >= 0.6 is 23.4 Å². The molecular weight excluding hydrogens is 511 g/mol. The monoisotopic (exact) mass is 538 g/mol. The van der Waals surface area contributed by atoms with Crippen molar-refractivity contribution in [1.82, 2.24) is 4.90 Å². The number of rotatable bonds is 6. The lowest BCUT2D eigenvalue weighted by atomic mass is 10.1. The fourth-order valence-corrected chi connectivity index (χ4v) is 5.84. The lowest BCUT2D eigenvalue weighted by Gasteiger charge is -2.37. The molecule has 0 saturated carbocycles. The average molecular weight is 539 g/mol. The second-order valence-corrected chi connectivity index (χ2v) is 10.8. The minimum absolute atomic E-state index is 0.0488. The summed E-state index contributed by atoms with van der Waals surface area (Å²) in [7, 11) is 0. The van der Waals surface area contributed by atoms with Gasteiger partial charge in [-0.2, -0.15) is 11.8 Å². The number of benzene rings is 3. The molecule has 0 aromatic heterocycles. The summed E-state index contributed by atoms with van der Waals surface area (Å²) >= 11 is 7.75. The van der Waals surface area contributed by atoms with Gasteiger partial charge in [-0.15, -0.1) is 0 Å². The van der Waals surface area contributed by atoms with Gasteiger partial charge in [0.2, 0.25) is 5.91 Å². The van der Waals surface area contributed by atoms with E-state index in [4.69, 9.17) is 11.6 Å². The molecule has 9 heteroatoms. The quantitative estimate of drug-likeness (QED) is 0.439. The zero-order valence-corrected chi connectivity index (χ0v) is 22.0. The van der Waals surface area contributed by atoms with Crippen molar-refractivity contribution in [2.75, 3.05) is 47.5 Å². The number of thioether (sulfide) groups is 1. The molecule has 0 radical (unpaired) electrons. The topological polar surface area (TPSA) is 64.7 Å². The van der Waals surface area contributed by atoms with E-state index in [1.54, 1.807) is 30.0 Å². The largest absolute Gasteiger partial charge is 0.371 e. The highest BCUT2D eigenvalue weighted by molar-refractivity contribution is 7.98. The number of nitrogens with one attached hydrogen (secondary N) is 2. The molecule has 3 aromatic carbocycles. The number of carbonyl (C=O) groups is 2. The Morgan fingerprint density at radius 1 is 1.05 bits per heavy atom. The van der Waals surface area contributed by atoms with Crippen LogP contribution in [0.3, 0.4) is 0 Å². The maximum atomic E-state index is 13.4. The first-order valence-corrected chi connectivity index (χ1v) is 13.7. The second-order valence-electron chi connectivity index (χ2n) is 9.30. The predicted octanol–water partition coefficient (Wildman–Crippen LogP) is 5.42. The molecule has 2 N–H and O–H groups in total. The van der Waals surface area contributed by atoms with Gasteiger partial charge in [0.25, 0.3) is 5.91 Å². The molecule has 2 aliphatic heterocycles. The van der Waals surface area contributed by atoms with Gasteiger partial charge < -0.3 is 20.4 Å². The molecule has 0 spiro atoms. The summed E-state index contributed by atoms with van der Waals surface area (Å²) in [6.45, 7) is 4.73. The van der Waals surface area contributed by atoms with E-state index in [2.05, 4.69) is 22.5 Å². The van der Waals surface area contributed by atoms with E-state index in [0.717, 1.165) is 35.6 Å². The van der Waals surface area contributed by atoms with E-state index >= 15 is 0 Å². The average Bonchev–Trinajstić information content (AvgIpc) is 2.90. The SMILES string of the molecule is Cc1ccc(Cl)cc1N1CCN(C(=O)c2ccc3c(c2)NC(=O)C(CSCc2cccc(F)c2)N3)CC1. The summed E-state index contributed by atoms with van der Waals surface area (Å²) in [5.41, 5.74) is 5.09. The number of hydrogen-bond donors (Lipinski definition) is 2. The van der Waals surface area contributed by atoms with Crippen molar-refractivity contribution < 1.29 is 14.0 Å². The number of nitrogens with zero attached hydrogens (tertiary/aromatic N) is 2. The van der Waals surface area contributed by atoms with Crippen LogP contribution in [-0.4, -0.2) is 54.7 Å². The van der Waals surface area contributed by atoms with Gasteiger partial charge in [0.15, 0.2) is 0 Å². The lowest BCUT2D eigenvalue weighted by molar-refractivity contribution is -0.116. The first-order valence-electron chi connectivity index (χ1n) is 12.2. The summed E-state index contributed by atoms with van der Waals surface area (Å²) in [4.78, 5) is 30.0. The van der Waals surface area contributed by atoms with Gasteiger partial charge in [-0.05, 0) is 60.5 Å². The van der Waals surface area contributed by atoms with Gasteiger partial charge in [-0.25, -0.2) is 4.39 Å². The third kappa shape index (κ3) is 5.86. The third-order valence-corrected chi connectivity index (χ3v) is 8.03. The number of amides is 2. The first-order chi connectivity index (χ1) is 17.9. The Kier molecular flexibility index (Phi) is 7.58. The molecule has 37 heavy (non-hydrogen) atoms. The molecule has 2 amide bonds. The molecule has 3 aromatic rings. The number of hydrogen-bond acceptors (Lipinski definition) is 5. The van der Waals surface area contributed by atoms with E-state index in [1.807, 2.05) is 35.2 Å². The number of carbonyl (C=O) groups excluding carboxylic acids is 2. The maximum Gasteiger partial charge on any atom is 0.254 e. The second kappa shape index (κ2) is 11.0. The molecule has 2 aliphatic rings. The van der Waals surface area contributed by atoms with Crippen LogP contribution in [0.4, 0.5) is 21.5 Å². The minimum atomic E-state index is -0.407. The van der Waals surface area contributed by atoms with Gasteiger partial charge in [-0.3, -0.25) is 9.59 Å². The van der Waals surface area contributed by atoms with Crippen LogP contribution in [0.25, 0.3) is 0 Å². The minimum Gasteiger partial charge on any atom is -0.371 e. The van der Waals surface area contributed by atoms with Crippen molar-refractivity contribution in [3.8, 4) is 0 Å². The molecule has 1 fully saturated rings. The molecule has 1 unspecified atom stereocenters. The Morgan fingerprint density at radius 3 is 2.65 bits per heavy atom. The summed E-state index contributed by atoms with van der Waals surface area (Å²) in [6.07, 6.45) is 0. The van der Waals surface area contributed by atoms with Gasteiger partial charge >= 0.3 is 0 Å². The molecule has 0 bridgehead atoms. The number of halogens is 2. The molecule has 0 aliphatic carbocycles. The van der Waals surface area contributed by atoms with Crippen LogP contribution in [0.5, 0.6) is 0 Å². The molecular formula is C28H28ClFN4O2S. The number of fused-ring (bicyclic) bond motifs is 1. The highest BCUT2D eigenvalue weighted by Gasteiger charge is 2.28.